The molecule has 208 valence electrons. The summed E-state index contributed by atoms with van der Waals surface area (Å²) in [5.41, 5.74) is -0.118. The van der Waals surface area contributed by atoms with Crippen molar-refractivity contribution in [3.63, 3.8) is 0 Å². The molecule has 1 amide bonds. The maximum atomic E-state index is 13.0. The van der Waals surface area contributed by atoms with E-state index in [0.29, 0.717) is 5.76 Å². The normalized spacial score (nSPS) is 23.1. The fourth-order valence-electron chi connectivity index (χ4n) is 3.42. The van der Waals surface area contributed by atoms with E-state index in [1.165, 1.54) is 30.4 Å². The number of allylic oxidation sites excluding steroid dienone is 20. The number of esters is 1. The van der Waals surface area contributed by atoms with E-state index in [-0.39, 0.29) is 49.0 Å². The Labute approximate surface area is 238 Å². The van der Waals surface area contributed by atoms with Crippen LogP contribution in [0.15, 0.2) is 145 Å². The largest absolute Gasteiger partial charge is 0.461 e. The maximum Gasteiger partial charge on any atom is 0.355 e. The Balaban J connectivity index is 1.75. The number of Topliss-reactive ketones (excluding diaryl/α,β-unsaturated/α-hetero) is 2. The molecule has 0 aromatic carbocycles. The highest BCUT2D eigenvalue weighted by molar-refractivity contribution is 6.42. The Morgan fingerprint density at radius 3 is 2.07 bits per heavy atom. The van der Waals surface area contributed by atoms with Crippen molar-refractivity contribution in [2.75, 3.05) is 13.2 Å². The van der Waals surface area contributed by atoms with Crippen molar-refractivity contribution in [1.29, 1.82) is 0 Å². The summed E-state index contributed by atoms with van der Waals surface area (Å²) in [6, 6.07) is 0. The number of carbonyl (C=O) groups is 5. The standard InChI is InChI=1S/C33H29NO7/c35-26-16-9-6-4-2-1-3-5-7-12-19-28-20-15-22-30(41-28)31(37)32(38)34-24-14-13-21-29(34)33(39)40-25-23-27(36)18-11-8-10-17-26/h1-17,19-22H,18,23-25H2/b2-1-,5-3?,6-4-,11-8?,12-7?,16-9-,17-10?,28-19-. The second-order valence-corrected chi connectivity index (χ2v) is 8.50. The molecule has 0 spiro atoms. The van der Waals surface area contributed by atoms with E-state index in [4.69, 9.17) is 9.47 Å². The molecule has 41 heavy (non-hydrogen) atoms. The molecule has 0 saturated carbocycles. The second kappa shape index (κ2) is 16.6. The number of rotatable bonds is 0. The van der Waals surface area contributed by atoms with Crippen LogP contribution < -0.4 is 0 Å². The molecule has 8 nitrogen and oxygen atoms in total. The Bertz CT molecular complexity index is 1420. The average Bonchev–Trinajstić information content (AvgIpc) is 2.98. The van der Waals surface area contributed by atoms with Gasteiger partial charge in [-0.3, -0.25) is 24.1 Å². The molecule has 3 heterocycles. The Kier molecular flexibility index (Phi) is 12.2. The van der Waals surface area contributed by atoms with Crippen LogP contribution in [0.2, 0.25) is 0 Å². The lowest BCUT2D eigenvalue weighted by molar-refractivity contribution is -0.147. The molecule has 3 rings (SSSR count). The lowest BCUT2D eigenvalue weighted by Gasteiger charge is -2.24. The summed E-state index contributed by atoms with van der Waals surface area (Å²) in [4.78, 5) is 63.6. The molecule has 0 radical (unpaired) electrons. The molecular weight excluding hydrogens is 522 g/mol. The van der Waals surface area contributed by atoms with Gasteiger partial charge in [-0.25, -0.2) is 4.79 Å². The third-order valence-corrected chi connectivity index (χ3v) is 5.45. The van der Waals surface area contributed by atoms with Crippen molar-refractivity contribution in [2.24, 2.45) is 0 Å². The van der Waals surface area contributed by atoms with E-state index in [9.17, 15) is 24.0 Å². The summed E-state index contributed by atoms with van der Waals surface area (Å²) in [5.74, 6) is -2.93. The summed E-state index contributed by atoms with van der Waals surface area (Å²) in [6.07, 6.45) is 34.2. The molecule has 3 aliphatic heterocycles. The summed E-state index contributed by atoms with van der Waals surface area (Å²) in [6.45, 7) is -0.202. The number of ketones is 3. The van der Waals surface area contributed by atoms with Crippen LogP contribution in [0.1, 0.15) is 12.8 Å². The average molecular weight is 552 g/mol. The number of amides is 1. The molecule has 0 unspecified atom stereocenters. The zero-order chi connectivity index (χ0) is 29.3. The third kappa shape index (κ3) is 10.4. The van der Waals surface area contributed by atoms with E-state index >= 15 is 0 Å². The highest BCUT2D eigenvalue weighted by atomic mass is 16.5. The van der Waals surface area contributed by atoms with Gasteiger partial charge in [0.05, 0.1) is 6.61 Å². The summed E-state index contributed by atoms with van der Waals surface area (Å²) in [7, 11) is 0. The van der Waals surface area contributed by atoms with E-state index in [0.717, 1.165) is 4.90 Å². The minimum absolute atomic E-state index is 0.00777. The zero-order valence-electron chi connectivity index (χ0n) is 22.3. The number of fused-ring (bicyclic) bond motifs is 3. The number of carbonyl (C=O) groups excluding carboxylic acids is 5. The van der Waals surface area contributed by atoms with Crippen molar-refractivity contribution in [1.82, 2.24) is 4.90 Å². The van der Waals surface area contributed by atoms with Crippen LogP contribution in [-0.2, 0) is 33.4 Å². The van der Waals surface area contributed by atoms with Crippen LogP contribution >= 0.6 is 0 Å². The first-order chi connectivity index (χ1) is 20.0. The van der Waals surface area contributed by atoms with E-state index in [1.54, 1.807) is 91.1 Å². The fourth-order valence-corrected chi connectivity index (χ4v) is 3.42. The van der Waals surface area contributed by atoms with Crippen LogP contribution in [0.3, 0.4) is 0 Å². The van der Waals surface area contributed by atoms with E-state index in [2.05, 4.69) is 0 Å². The SMILES string of the molecule is O=C1C=CC=CCC(=O)CCOC(=O)C2=CC=CCN2C(=O)C(=O)C2=CC=C/C(=C/C=CC=C\C=C/C=C\C=C/1)O2. The number of cyclic esters (lactones) is 1. The van der Waals surface area contributed by atoms with Crippen LogP contribution in [0.4, 0.5) is 0 Å². The molecule has 2 bridgehead atoms. The van der Waals surface area contributed by atoms with Gasteiger partial charge in [-0.1, -0.05) is 91.1 Å². The van der Waals surface area contributed by atoms with Gasteiger partial charge in [-0.2, -0.15) is 0 Å². The van der Waals surface area contributed by atoms with E-state index in [1.807, 2.05) is 6.08 Å². The van der Waals surface area contributed by atoms with Crippen molar-refractivity contribution in [3.8, 4) is 0 Å². The van der Waals surface area contributed by atoms with Crippen LogP contribution in [-0.4, -0.2) is 47.3 Å². The molecule has 0 aromatic rings. The van der Waals surface area contributed by atoms with Gasteiger partial charge in [-0.15, -0.1) is 0 Å². The number of ether oxygens (including phenoxy) is 2. The Morgan fingerprint density at radius 2 is 1.32 bits per heavy atom. The smallest absolute Gasteiger partial charge is 0.355 e. The first kappa shape index (κ1) is 30.2. The van der Waals surface area contributed by atoms with Crippen molar-refractivity contribution < 1.29 is 33.4 Å². The predicted molar refractivity (Wildman–Crippen MR) is 155 cm³/mol. The first-order valence-electron chi connectivity index (χ1n) is 12.9. The molecule has 0 atom stereocenters. The maximum absolute atomic E-state index is 13.0. The third-order valence-electron chi connectivity index (χ3n) is 5.45. The highest BCUT2D eigenvalue weighted by Crippen LogP contribution is 2.19. The van der Waals surface area contributed by atoms with Crippen LogP contribution in [0.5, 0.6) is 0 Å². The van der Waals surface area contributed by atoms with Gasteiger partial charge in [0.2, 0.25) is 0 Å². The zero-order valence-corrected chi connectivity index (χ0v) is 22.3. The van der Waals surface area contributed by atoms with Crippen molar-refractivity contribution in [3.05, 3.63) is 145 Å². The fraction of sp³-hybridized carbons (Fsp3) is 0.121. The number of hydrogen-bond acceptors (Lipinski definition) is 7. The summed E-state index contributed by atoms with van der Waals surface area (Å²) < 4.78 is 10.8. The van der Waals surface area contributed by atoms with Gasteiger partial charge in [0.1, 0.15) is 17.2 Å². The summed E-state index contributed by atoms with van der Waals surface area (Å²) in [5, 5.41) is 0. The van der Waals surface area contributed by atoms with Gasteiger partial charge in [0.25, 0.3) is 5.78 Å². The molecule has 3 aliphatic rings. The van der Waals surface area contributed by atoms with Gasteiger partial charge in [0.15, 0.2) is 11.5 Å². The minimum atomic E-state index is -0.954. The summed E-state index contributed by atoms with van der Waals surface area (Å²) >= 11 is 0. The predicted octanol–water partition coefficient (Wildman–Crippen LogP) is 4.56. The lowest BCUT2D eigenvalue weighted by Crippen LogP contribution is -2.41. The Morgan fingerprint density at radius 1 is 0.634 bits per heavy atom. The van der Waals surface area contributed by atoms with Crippen LogP contribution in [0.25, 0.3) is 0 Å². The first-order valence-corrected chi connectivity index (χ1v) is 12.9. The highest BCUT2D eigenvalue weighted by Gasteiger charge is 2.32. The minimum Gasteiger partial charge on any atom is -0.461 e. The van der Waals surface area contributed by atoms with Gasteiger partial charge in [-0.05, 0) is 36.5 Å². The van der Waals surface area contributed by atoms with E-state index < -0.39 is 17.7 Å². The molecule has 0 aromatic heterocycles. The number of nitrogens with zero attached hydrogens (tertiary/aromatic N) is 1. The Hall–Kier alpha value is -5.37. The molecule has 0 saturated heterocycles. The van der Waals surface area contributed by atoms with Crippen molar-refractivity contribution >= 4 is 29.2 Å². The second-order valence-electron chi connectivity index (χ2n) is 8.50. The monoisotopic (exact) mass is 551 g/mol. The topological polar surface area (TPSA) is 107 Å². The molecular formula is C33H29NO7. The molecule has 8 heteroatoms. The lowest BCUT2D eigenvalue weighted by atomic mass is 10.1. The number of hydrogen-bond donors (Lipinski definition) is 0. The van der Waals surface area contributed by atoms with Gasteiger partial charge in [0, 0.05) is 19.4 Å². The van der Waals surface area contributed by atoms with Gasteiger partial charge >= 0.3 is 11.9 Å². The molecule has 0 aliphatic carbocycles. The molecule has 0 fully saturated rings. The molecule has 0 N–H and O–H groups in total. The van der Waals surface area contributed by atoms with Crippen molar-refractivity contribution in [2.45, 2.75) is 12.8 Å². The quantitative estimate of drug-likeness (QED) is 0.321. The van der Waals surface area contributed by atoms with Gasteiger partial charge < -0.3 is 9.47 Å². The van der Waals surface area contributed by atoms with Crippen LogP contribution in [0, 0.1) is 0 Å².